The highest BCUT2D eigenvalue weighted by atomic mass is 16.5. The summed E-state index contributed by atoms with van der Waals surface area (Å²) in [5.41, 5.74) is 4.83. The van der Waals surface area contributed by atoms with Crippen molar-refractivity contribution in [1.82, 2.24) is 4.90 Å². The molecule has 0 amide bonds. The van der Waals surface area contributed by atoms with Gasteiger partial charge in [0, 0.05) is 19.1 Å². The molecule has 2 atom stereocenters. The molecule has 2 aliphatic rings. The molecule has 1 saturated carbocycles. The van der Waals surface area contributed by atoms with Crippen molar-refractivity contribution in [1.29, 1.82) is 0 Å². The van der Waals surface area contributed by atoms with Crippen LogP contribution < -0.4 is 5.73 Å². The van der Waals surface area contributed by atoms with Crippen molar-refractivity contribution < 1.29 is 14.6 Å². The third kappa shape index (κ3) is 2.84. The van der Waals surface area contributed by atoms with Gasteiger partial charge < -0.3 is 15.6 Å². The first-order valence-electron chi connectivity index (χ1n) is 6.73. The Morgan fingerprint density at radius 1 is 1.50 bits per heavy atom. The van der Waals surface area contributed by atoms with E-state index in [2.05, 4.69) is 18.7 Å². The average molecular weight is 256 g/mol. The van der Waals surface area contributed by atoms with Crippen molar-refractivity contribution in [2.45, 2.75) is 56.7 Å². The highest BCUT2D eigenvalue weighted by Crippen LogP contribution is 2.31. The Morgan fingerprint density at radius 2 is 2.22 bits per heavy atom. The number of carbonyl (C=O) groups is 1. The molecule has 2 unspecified atom stereocenters. The Morgan fingerprint density at radius 3 is 2.83 bits per heavy atom. The minimum absolute atomic E-state index is 0.143. The predicted molar refractivity (Wildman–Crippen MR) is 68.4 cm³/mol. The monoisotopic (exact) mass is 256 g/mol. The fourth-order valence-electron chi connectivity index (χ4n) is 3.15. The van der Waals surface area contributed by atoms with Crippen LogP contribution in [0.25, 0.3) is 0 Å². The molecule has 0 radical (unpaired) electrons. The topological polar surface area (TPSA) is 75.8 Å². The first-order chi connectivity index (χ1) is 8.32. The third-order valence-electron chi connectivity index (χ3n) is 4.16. The number of hydrogen-bond donors (Lipinski definition) is 2. The fraction of sp³-hybridized carbons (Fsp3) is 0.923. The number of hydrogen-bond acceptors (Lipinski definition) is 4. The summed E-state index contributed by atoms with van der Waals surface area (Å²) in [6.07, 6.45) is 3.08. The summed E-state index contributed by atoms with van der Waals surface area (Å²) < 4.78 is 5.70. The molecular formula is C13H24N2O3. The van der Waals surface area contributed by atoms with Crippen molar-refractivity contribution >= 4 is 5.97 Å². The second-order valence-corrected chi connectivity index (χ2v) is 6.29. The Balaban J connectivity index is 2.03. The first-order valence-corrected chi connectivity index (χ1v) is 6.73. The van der Waals surface area contributed by atoms with E-state index in [1.54, 1.807) is 0 Å². The second kappa shape index (κ2) is 4.79. The Kier molecular flexibility index (Phi) is 3.67. The lowest BCUT2D eigenvalue weighted by Crippen LogP contribution is -2.59. The van der Waals surface area contributed by atoms with E-state index in [0.717, 1.165) is 25.9 Å². The molecule has 3 N–H and O–H groups in total. The molecule has 0 aromatic heterocycles. The average Bonchev–Trinajstić information content (AvgIpc) is 2.27. The number of nitrogens with zero attached hydrogens (tertiary/aromatic N) is 1. The summed E-state index contributed by atoms with van der Waals surface area (Å²) in [7, 11) is 0. The van der Waals surface area contributed by atoms with Crippen LogP contribution in [0, 0.1) is 0 Å². The number of ether oxygens (including phenoxy) is 1. The first kappa shape index (κ1) is 13.8. The molecule has 0 bridgehead atoms. The smallest absolute Gasteiger partial charge is 0.323 e. The summed E-state index contributed by atoms with van der Waals surface area (Å²) in [4.78, 5) is 13.6. The number of rotatable bonds is 2. The lowest BCUT2D eigenvalue weighted by molar-refractivity contribution is -0.147. The van der Waals surface area contributed by atoms with Crippen molar-refractivity contribution in [3.63, 3.8) is 0 Å². The molecule has 2 fully saturated rings. The molecule has 1 aliphatic heterocycles. The molecule has 0 spiro atoms. The van der Waals surface area contributed by atoms with Gasteiger partial charge >= 0.3 is 5.97 Å². The van der Waals surface area contributed by atoms with Gasteiger partial charge in [0.05, 0.1) is 12.2 Å². The molecule has 104 valence electrons. The van der Waals surface area contributed by atoms with E-state index in [4.69, 9.17) is 10.5 Å². The number of morpholine rings is 1. The second-order valence-electron chi connectivity index (χ2n) is 6.29. The van der Waals surface area contributed by atoms with Crippen LogP contribution in [0.3, 0.4) is 0 Å². The standard InChI is InChI=1S/C13H24N2O3/c1-12(2)9-15(6-7-18-12)10-4-3-5-13(14,8-10)11(16)17/h10H,3-9,14H2,1-2H3,(H,16,17). The van der Waals surface area contributed by atoms with Crippen molar-refractivity contribution in [2.75, 3.05) is 19.7 Å². The van der Waals surface area contributed by atoms with Crippen LogP contribution in [0.4, 0.5) is 0 Å². The van der Waals surface area contributed by atoms with E-state index in [1.165, 1.54) is 0 Å². The summed E-state index contributed by atoms with van der Waals surface area (Å²) in [6, 6.07) is 0.281. The van der Waals surface area contributed by atoms with Crippen LogP contribution in [-0.2, 0) is 9.53 Å². The van der Waals surface area contributed by atoms with Crippen LogP contribution in [-0.4, -0.2) is 52.9 Å². The molecule has 18 heavy (non-hydrogen) atoms. The Bertz CT molecular complexity index is 332. The van der Waals surface area contributed by atoms with Gasteiger partial charge in [0.25, 0.3) is 0 Å². The lowest BCUT2D eigenvalue weighted by atomic mass is 9.79. The quantitative estimate of drug-likeness (QED) is 0.765. The van der Waals surface area contributed by atoms with Crippen LogP contribution in [0.5, 0.6) is 0 Å². The molecule has 1 aliphatic carbocycles. The summed E-state index contributed by atoms with van der Waals surface area (Å²) in [5.74, 6) is -0.861. The van der Waals surface area contributed by atoms with E-state index < -0.39 is 11.5 Å². The van der Waals surface area contributed by atoms with Crippen LogP contribution >= 0.6 is 0 Å². The molecule has 0 aromatic carbocycles. The van der Waals surface area contributed by atoms with Gasteiger partial charge in [-0.1, -0.05) is 0 Å². The van der Waals surface area contributed by atoms with E-state index in [1.807, 2.05) is 0 Å². The minimum Gasteiger partial charge on any atom is -0.480 e. The maximum atomic E-state index is 11.3. The maximum absolute atomic E-state index is 11.3. The lowest BCUT2D eigenvalue weighted by Gasteiger charge is -2.46. The van der Waals surface area contributed by atoms with Crippen molar-refractivity contribution in [3.05, 3.63) is 0 Å². The van der Waals surface area contributed by atoms with Crippen molar-refractivity contribution in [2.24, 2.45) is 5.73 Å². The highest BCUT2D eigenvalue weighted by molar-refractivity contribution is 5.78. The van der Waals surface area contributed by atoms with Gasteiger partial charge in [-0.25, -0.2) is 0 Å². The van der Waals surface area contributed by atoms with Gasteiger partial charge in [-0.15, -0.1) is 0 Å². The number of nitrogens with two attached hydrogens (primary N) is 1. The molecule has 5 nitrogen and oxygen atoms in total. The summed E-state index contributed by atoms with van der Waals surface area (Å²) >= 11 is 0. The van der Waals surface area contributed by atoms with E-state index in [0.29, 0.717) is 19.4 Å². The minimum atomic E-state index is -1.04. The van der Waals surface area contributed by atoms with Crippen molar-refractivity contribution in [3.8, 4) is 0 Å². The Labute approximate surface area is 108 Å². The molecule has 0 aromatic rings. The van der Waals surface area contributed by atoms with Gasteiger partial charge in [-0.05, 0) is 39.5 Å². The van der Waals surface area contributed by atoms with Gasteiger partial charge in [-0.2, -0.15) is 0 Å². The zero-order chi connectivity index (χ0) is 13.4. The van der Waals surface area contributed by atoms with Crippen LogP contribution in [0.1, 0.15) is 39.5 Å². The molecule has 1 saturated heterocycles. The number of aliphatic carboxylic acids is 1. The van der Waals surface area contributed by atoms with Gasteiger partial charge in [0.1, 0.15) is 5.54 Å². The normalized spacial score (nSPS) is 37.4. The van der Waals surface area contributed by atoms with Gasteiger partial charge in [-0.3, -0.25) is 9.69 Å². The number of carboxylic acids is 1. The van der Waals surface area contributed by atoms with E-state index in [-0.39, 0.29) is 11.6 Å². The highest BCUT2D eigenvalue weighted by Gasteiger charge is 2.42. The summed E-state index contributed by atoms with van der Waals surface area (Å²) in [5, 5.41) is 9.25. The van der Waals surface area contributed by atoms with Crippen LogP contribution in [0.2, 0.25) is 0 Å². The zero-order valence-electron chi connectivity index (χ0n) is 11.3. The predicted octanol–water partition coefficient (Wildman–Crippen LogP) is 0.822. The SMILES string of the molecule is CC1(C)CN(C2CCCC(N)(C(=O)O)C2)CCO1. The zero-order valence-corrected chi connectivity index (χ0v) is 11.3. The molecular weight excluding hydrogens is 232 g/mol. The van der Waals surface area contributed by atoms with Gasteiger partial charge in [0.2, 0.25) is 0 Å². The van der Waals surface area contributed by atoms with Gasteiger partial charge in [0.15, 0.2) is 0 Å². The maximum Gasteiger partial charge on any atom is 0.323 e. The third-order valence-corrected chi connectivity index (χ3v) is 4.16. The molecule has 5 heteroatoms. The summed E-state index contributed by atoms with van der Waals surface area (Å²) in [6.45, 7) is 6.61. The van der Waals surface area contributed by atoms with Crippen LogP contribution in [0.15, 0.2) is 0 Å². The van der Waals surface area contributed by atoms with E-state index in [9.17, 15) is 9.90 Å². The largest absolute Gasteiger partial charge is 0.480 e. The van der Waals surface area contributed by atoms with E-state index >= 15 is 0 Å². The molecule has 1 heterocycles. The molecule has 2 rings (SSSR count). The fourth-order valence-corrected chi connectivity index (χ4v) is 3.15. The Hall–Kier alpha value is -0.650. The number of carboxylic acid groups (broad SMARTS) is 1.